The van der Waals surface area contributed by atoms with Gasteiger partial charge in [-0.3, -0.25) is 4.79 Å². The van der Waals surface area contributed by atoms with Gasteiger partial charge < -0.3 is 4.74 Å². The molecular formula is C10H18N2O4S. The van der Waals surface area contributed by atoms with Crippen LogP contribution in [0.3, 0.4) is 0 Å². The molecule has 1 unspecified atom stereocenters. The molecule has 0 amide bonds. The van der Waals surface area contributed by atoms with E-state index in [0.29, 0.717) is 0 Å². The lowest BCUT2D eigenvalue weighted by Crippen LogP contribution is -2.39. The molecule has 0 aliphatic rings. The van der Waals surface area contributed by atoms with Crippen LogP contribution in [0.2, 0.25) is 0 Å². The molecule has 0 radical (unpaired) electrons. The van der Waals surface area contributed by atoms with Gasteiger partial charge in [-0.25, -0.2) is 8.42 Å². The maximum atomic E-state index is 11.5. The van der Waals surface area contributed by atoms with E-state index in [1.165, 1.54) is 0 Å². The van der Waals surface area contributed by atoms with Crippen LogP contribution >= 0.6 is 0 Å². The van der Waals surface area contributed by atoms with Crippen molar-refractivity contribution in [1.82, 2.24) is 4.72 Å². The van der Waals surface area contributed by atoms with E-state index in [1.807, 2.05) is 6.07 Å². The van der Waals surface area contributed by atoms with Gasteiger partial charge >= 0.3 is 5.97 Å². The van der Waals surface area contributed by atoms with Crippen molar-refractivity contribution in [2.24, 2.45) is 5.92 Å². The van der Waals surface area contributed by atoms with Gasteiger partial charge in [-0.1, -0.05) is 13.8 Å². The van der Waals surface area contributed by atoms with Crippen LogP contribution in [-0.2, 0) is 19.6 Å². The molecule has 0 bridgehead atoms. The van der Waals surface area contributed by atoms with E-state index in [0.717, 1.165) is 0 Å². The SMILES string of the molecule is CCOC(=O)CCS(=O)(=O)NC(C#N)C(C)C. The van der Waals surface area contributed by atoms with Crippen molar-refractivity contribution in [3.8, 4) is 6.07 Å². The Bertz CT molecular complexity index is 384. The summed E-state index contributed by atoms with van der Waals surface area (Å²) in [6.07, 6.45) is -0.209. The number of hydrogen-bond donors (Lipinski definition) is 1. The molecule has 0 saturated heterocycles. The smallest absolute Gasteiger partial charge is 0.306 e. The van der Waals surface area contributed by atoms with Crippen LogP contribution in [-0.4, -0.2) is 32.8 Å². The minimum absolute atomic E-state index is 0.127. The van der Waals surface area contributed by atoms with E-state index in [4.69, 9.17) is 5.26 Å². The second-order valence-corrected chi connectivity index (χ2v) is 5.72. The minimum atomic E-state index is -3.62. The van der Waals surface area contributed by atoms with Gasteiger partial charge in [0.15, 0.2) is 0 Å². The summed E-state index contributed by atoms with van der Waals surface area (Å²) in [5, 5.41) is 8.75. The van der Waals surface area contributed by atoms with Crippen molar-refractivity contribution in [3.63, 3.8) is 0 Å². The maximum Gasteiger partial charge on any atom is 0.306 e. The third kappa shape index (κ3) is 6.92. The van der Waals surface area contributed by atoms with Gasteiger partial charge in [0.1, 0.15) is 6.04 Å². The highest BCUT2D eigenvalue weighted by Crippen LogP contribution is 2.03. The number of nitrogens with one attached hydrogen (secondary N) is 1. The molecule has 0 fully saturated rings. The third-order valence-electron chi connectivity index (χ3n) is 1.99. The molecule has 0 aliphatic heterocycles. The number of sulfonamides is 1. The Kier molecular flexibility index (Phi) is 6.76. The van der Waals surface area contributed by atoms with E-state index in [9.17, 15) is 13.2 Å². The lowest BCUT2D eigenvalue weighted by molar-refractivity contribution is -0.142. The van der Waals surface area contributed by atoms with E-state index in [1.54, 1.807) is 20.8 Å². The van der Waals surface area contributed by atoms with Crippen LogP contribution in [0.4, 0.5) is 0 Å². The van der Waals surface area contributed by atoms with Crippen molar-refractivity contribution in [2.45, 2.75) is 33.2 Å². The summed E-state index contributed by atoms with van der Waals surface area (Å²) in [5.74, 6) is -1.05. The summed E-state index contributed by atoms with van der Waals surface area (Å²) >= 11 is 0. The van der Waals surface area contributed by atoms with Gasteiger partial charge in [0.25, 0.3) is 0 Å². The summed E-state index contributed by atoms with van der Waals surface area (Å²) in [6, 6.07) is 1.09. The number of rotatable bonds is 7. The fraction of sp³-hybridized carbons (Fsp3) is 0.800. The number of carbonyl (C=O) groups excluding carboxylic acids is 1. The zero-order chi connectivity index (χ0) is 13.5. The molecule has 0 aromatic rings. The average Bonchev–Trinajstić information content (AvgIpc) is 2.23. The molecule has 7 heteroatoms. The molecule has 1 N–H and O–H groups in total. The first-order valence-corrected chi connectivity index (χ1v) is 7.02. The van der Waals surface area contributed by atoms with Gasteiger partial charge in [-0.15, -0.1) is 0 Å². The summed E-state index contributed by atoms with van der Waals surface area (Å²) in [5.41, 5.74) is 0. The van der Waals surface area contributed by atoms with Crippen molar-refractivity contribution in [3.05, 3.63) is 0 Å². The van der Waals surface area contributed by atoms with Crippen molar-refractivity contribution in [1.29, 1.82) is 5.26 Å². The topological polar surface area (TPSA) is 96.3 Å². The summed E-state index contributed by atoms with van der Waals surface area (Å²) < 4.78 is 29.9. The molecule has 0 saturated carbocycles. The summed E-state index contributed by atoms with van der Waals surface area (Å²) in [6.45, 7) is 5.34. The molecule has 0 heterocycles. The fourth-order valence-electron chi connectivity index (χ4n) is 1.01. The van der Waals surface area contributed by atoms with Crippen molar-refractivity contribution in [2.75, 3.05) is 12.4 Å². The van der Waals surface area contributed by atoms with E-state index >= 15 is 0 Å². The number of hydrogen-bond acceptors (Lipinski definition) is 5. The first-order valence-electron chi connectivity index (χ1n) is 5.37. The van der Waals surface area contributed by atoms with Crippen LogP contribution in [0.5, 0.6) is 0 Å². The van der Waals surface area contributed by atoms with Crippen LogP contribution in [0.1, 0.15) is 27.2 Å². The van der Waals surface area contributed by atoms with Gasteiger partial charge in [0.05, 0.1) is 24.8 Å². The van der Waals surface area contributed by atoms with Gasteiger partial charge in [0, 0.05) is 0 Å². The number of carbonyl (C=O) groups is 1. The number of ether oxygens (including phenoxy) is 1. The maximum absolute atomic E-state index is 11.5. The highest BCUT2D eigenvalue weighted by Gasteiger charge is 2.21. The Hall–Kier alpha value is -1.13. The first-order chi connectivity index (χ1) is 7.82. The minimum Gasteiger partial charge on any atom is -0.466 e. The molecule has 1 atom stereocenters. The zero-order valence-corrected chi connectivity index (χ0v) is 11.1. The largest absolute Gasteiger partial charge is 0.466 e. The predicted octanol–water partition coefficient (Wildman–Crippen LogP) is 0.407. The van der Waals surface area contributed by atoms with E-state index in [-0.39, 0.29) is 24.7 Å². The molecule has 17 heavy (non-hydrogen) atoms. The second-order valence-electron chi connectivity index (χ2n) is 3.84. The predicted molar refractivity (Wildman–Crippen MR) is 62.4 cm³/mol. The van der Waals surface area contributed by atoms with Crippen molar-refractivity contribution < 1.29 is 17.9 Å². The van der Waals surface area contributed by atoms with Crippen molar-refractivity contribution >= 4 is 16.0 Å². The number of nitriles is 1. The third-order valence-corrected chi connectivity index (χ3v) is 3.35. The summed E-state index contributed by atoms with van der Waals surface area (Å²) in [7, 11) is -3.62. The Balaban J connectivity index is 4.31. The van der Waals surface area contributed by atoms with Crippen LogP contribution in [0.15, 0.2) is 0 Å². The Labute approximate surface area is 102 Å². The second kappa shape index (κ2) is 7.25. The van der Waals surface area contributed by atoms with Gasteiger partial charge in [0.2, 0.25) is 10.0 Å². The van der Waals surface area contributed by atoms with E-state index < -0.39 is 22.0 Å². The highest BCUT2D eigenvalue weighted by atomic mass is 32.2. The fourth-order valence-corrected chi connectivity index (χ4v) is 2.28. The standard InChI is InChI=1S/C10H18N2O4S/c1-4-16-10(13)5-6-17(14,15)12-9(7-11)8(2)3/h8-9,12H,4-6H2,1-3H3. The number of esters is 1. The lowest BCUT2D eigenvalue weighted by atomic mass is 10.1. The molecule has 0 aliphatic carbocycles. The highest BCUT2D eigenvalue weighted by molar-refractivity contribution is 7.89. The first kappa shape index (κ1) is 15.9. The van der Waals surface area contributed by atoms with Crippen LogP contribution < -0.4 is 4.72 Å². The van der Waals surface area contributed by atoms with E-state index in [2.05, 4.69) is 9.46 Å². The monoisotopic (exact) mass is 262 g/mol. The summed E-state index contributed by atoms with van der Waals surface area (Å²) in [4.78, 5) is 11.0. The molecule has 98 valence electrons. The Morgan fingerprint density at radius 1 is 1.47 bits per heavy atom. The molecule has 0 rings (SSSR count). The molecule has 0 spiro atoms. The average molecular weight is 262 g/mol. The van der Waals surface area contributed by atoms with Crippen LogP contribution in [0.25, 0.3) is 0 Å². The number of nitrogens with zero attached hydrogens (tertiary/aromatic N) is 1. The molecule has 6 nitrogen and oxygen atoms in total. The molecule has 0 aromatic carbocycles. The molecule has 0 aromatic heterocycles. The Morgan fingerprint density at radius 2 is 2.06 bits per heavy atom. The van der Waals surface area contributed by atoms with Gasteiger partial charge in [-0.2, -0.15) is 9.98 Å². The zero-order valence-electron chi connectivity index (χ0n) is 10.3. The quantitative estimate of drug-likeness (QED) is 0.670. The normalized spacial score (nSPS) is 13.1. The van der Waals surface area contributed by atoms with Crippen LogP contribution in [0, 0.1) is 17.2 Å². The Morgan fingerprint density at radius 3 is 2.47 bits per heavy atom. The molecular weight excluding hydrogens is 244 g/mol. The lowest BCUT2D eigenvalue weighted by Gasteiger charge is -2.14. The van der Waals surface area contributed by atoms with Gasteiger partial charge in [-0.05, 0) is 12.8 Å².